The highest BCUT2D eigenvalue weighted by atomic mass is 16.4. The highest BCUT2D eigenvalue weighted by molar-refractivity contribution is 5.87. The lowest BCUT2D eigenvalue weighted by Crippen LogP contribution is -1.93. The smallest absolute Gasteiger partial charge is 0.335 e. The van der Waals surface area contributed by atoms with Crippen LogP contribution in [-0.2, 0) is 4.79 Å². The third-order valence-electron chi connectivity index (χ3n) is 1.29. The molecule has 1 rings (SSSR count). The van der Waals surface area contributed by atoms with Crippen LogP contribution in [0.4, 0.5) is 5.69 Å². The first kappa shape index (κ1) is 12.1. The maximum absolute atomic E-state index is 10.4. The van der Waals surface area contributed by atoms with Crippen LogP contribution in [0.5, 0.6) is 0 Å². The van der Waals surface area contributed by atoms with Gasteiger partial charge in [-0.05, 0) is 24.3 Å². The average Bonchev–Trinajstić information content (AvgIpc) is 2.22. The first-order chi connectivity index (χ1) is 6.74. The molecular weight excluding hydrogens is 182 g/mol. The van der Waals surface area contributed by atoms with Gasteiger partial charge in [-0.3, -0.25) is 0 Å². The van der Waals surface area contributed by atoms with Crippen LogP contribution in [-0.4, -0.2) is 17.2 Å². The fourth-order valence-electron chi connectivity index (χ4n) is 0.731. The number of aromatic carboxylic acids is 1. The third kappa shape index (κ3) is 3.65. The van der Waals surface area contributed by atoms with Crippen molar-refractivity contribution in [3.63, 3.8) is 0 Å². The molecule has 1 N–H and O–H groups in total. The van der Waals surface area contributed by atoms with Gasteiger partial charge < -0.3 is 5.11 Å². The summed E-state index contributed by atoms with van der Waals surface area (Å²) in [5.74, 6) is -1.00. The van der Waals surface area contributed by atoms with E-state index in [-0.39, 0.29) is 5.56 Å². The number of carbonyl (C=O) groups excluding carboxylic acids is 1. The van der Waals surface area contributed by atoms with Crippen LogP contribution in [0, 0.1) is 0 Å². The highest BCUT2D eigenvalue weighted by Crippen LogP contribution is 2.11. The number of rotatable bonds is 2. The molecule has 0 saturated heterocycles. The van der Waals surface area contributed by atoms with Gasteiger partial charge in [-0.1, -0.05) is 13.8 Å². The molecule has 0 saturated carbocycles. The summed E-state index contributed by atoms with van der Waals surface area (Å²) >= 11 is 0. The molecular formula is C10H11NO3. The summed E-state index contributed by atoms with van der Waals surface area (Å²) in [6.45, 7) is 4.00. The molecule has 0 amide bonds. The van der Waals surface area contributed by atoms with Crippen LogP contribution in [0.3, 0.4) is 0 Å². The minimum absolute atomic E-state index is 0.167. The maximum Gasteiger partial charge on any atom is 0.335 e. The zero-order valence-electron chi connectivity index (χ0n) is 8.02. The average molecular weight is 193 g/mol. The number of aliphatic imine (C=N–C) groups is 1. The Kier molecular flexibility index (Phi) is 5.67. The van der Waals surface area contributed by atoms with E-state index in [0.29, 0.717) is 5.69 Å². The molecule has 74 valence electrons. The largest absolute Gasteiger partial charge is 0.478 e. The quantitative estimate of drug-likeness (QED) is 0.579. The molecule has 0 aliphatic rings. The second-order valence-corrected chi connectivity index (χ2v) is 2.06. The Labute approximate surface area is 81.9 Å². The van der Waals surface area contributed by atoms with Gasteiger partial charge in [-0.25, -0.2) is 9.59 Å². The van der Waals surface area contributed by atoms with Crippen molar-refractivity contribution in [2.24, 2.45) is 4.99 Å². The minimum atomic E-state index is -1.00. The molecule has 0 unspecified atom stereocenters. The van der Waals surface area contributed by atoms with Crippen molar-refractivity contribution in [1.82, 2.24) is 0 Å². The number of hydrogen-bond donors (Lipinski definition) is 1. The first-order valence-electron chi connectivity index (χ1n) is 4.15. The van der Waals surface area contributed by atoms with Crippen molar-refractivity contribution in [3.05, 3.63) is 29.8 Å². The van der Waals surface area contributed by atoms with E-state index >= 15 is 0 Å². The van der Waals surface area contributed by atoms with E-state index in [1.807, 2.05) is 13.8 Å². The highest BCUT2D eigenvalue weighted by Gasteiger charge is 1.99. The van der Waals surface area contributed by atoms with E-state index in [9.17, 15) is 9.59 Å². The molecule has 4 heteroatoms. The Morgan fingerprint density at radius 1 is 1.29 bits per heavy atom. The van der Waals surface area contributed by atoms with Gasteiger partial charge in [0.1, 0.15) is 0 Å². The van der Waals surface area contributed by atoms with Crippen LogP contribution < -0.4 is 0 Å². The standard InChI is InChI=1S/C8H5NO3.C2H6/c10-5-9-7-3-1-6(2-4-7)8(11)12;1-2/h1-4H,(H,11,12);1-2H3. The second kappa shape index (κ2) is 6.57. The predicted octanol–water partition coefficient (Wildman–Crippen LogP) is 2.38. The van der Waals surface area contributed by atoms with Gasteiger partial charge in [0.2, 0.25) is 6.08 Å². The van der Waals surface area contributed by atoms with Crippen LogP contribution >= 0.6 is 0 Å². The van der Waals surface area contributed by atoms with Crippen LogP contribution in [0.2, 0.25) is 0 Å². The number of carbonyl (C=O) groups is 1. The summed E-state index contributed by atoms with van der Waals surface area (Å²) in [7, 11) is 0. The summed E-state index contributed by atoms with van der Waals surface area (Å²) < 4.78 is 0. The molecule has 14 heavy (non-hydrogen) atoms. The van der Waals surface area contributed by atoms with Gasteiger partial charge in [0.05, 0.1) is 11.3 Å². The van der Waals surface area contributed by atoms with E-state index in [1.165, 1.54) is 30.3 Å². The molecule has 0 aromatic heterocycles. The van der Waals surface area contributed by atoms with Gasteiger partial charge in [-0.15, -0.1) is 0 Å². The van der Waals surface area contributed by atoms with E-state index in [1.54, 1.807) is 0 Å². The number of carboxylic acids is 1. The van der Waals surface area contributed by atoms with Crippen molar-refractivity contribution < 1.29 is 14.7 Å². The number of carboxylic acid groups (broad SMARTS) is 1. The number of benzene rings is 1. The first-order valence-corrected chi connectivity index (χ1v) is 4.15. The third-order valence-corrected chi connectivity index (χ3v) is 1.29. The monoisotopic (exact) mass is 193 g/mol. The summed E-state index contributed by atoms with van der Waals surface area (Å²) in [6, 6.07) is 5.62. The fraction of sp³-hybridized carbons (Fsp3) is 0.200. The van der Waals surface area contributed by atoms with E-state index in [2.05, 4.69) is 4.99 Å². The molecule has 1 aromatic carbocycles. The Morgan fingerprint density at radius 2 is 1.79 bits per heavy atom. The van der Waals surface area contributed by atoms with Crippen LogP contribution in [0.1, 0.15) is 24.2 Å². The molecule has 4 nitrogen and oxygen atoms in total. The van der Waals surface area contributed by atoms with Crippen LogP contribution in [0.25, 0.3) is 0 Å². The Balaban J connectivity index is 0.000000791. The SMILES string of the molecule is CC.O=C=Nc1ccc(C(=O)O)cc1. The number of isocyanates is 1. The van der Waals surface area contributed by atoms with Crippen molar-refractivity contribution in [2.75, 3.05) is 0 Å². The molecule has 0 radical (unpaired) electrons. The second-order valence-electron chi connectivity index (χ2n) is 2.06. The molecule has 0 spiro atoms. The van der Waals surface area contributed by atoms with Gasteiger partial charge in [0.25, 0.3) is 0 Å². The Bertz CT molecular complexity index is 316. The van der Waals surface area contributed by atoms with E-state index in [0.717, 1.165) is 0 Å². The zero-order valence-corrected chi connectivity index (χ0v) is 8.02. The number of nitrogens with zero attached hydrogens (tertiary/aromatic N) is 1. The molecule has 0 aliphatic carbocycles. The summed E-state index contributed by atoms with van der Waals surface area (Å²) in [4.78, 5) is 23.5. The van der Waals surface area contributed by atoms with Crippen molar-refractivity contribution >= 4 is 17.7 Å². The van der Waals surface area contributed by atoms with Crippen LogP contribution in [0.15, 0.2) is 29.3 Å². The zero-order chi connectivity index (χ0) is 11.0. The molecule has 0 fully saturated rings. The minimum Gasteiger partial charge on any atom is -0.478 e. The van der Waals surface area contributed by atoms with E-state index < -0.39 is 5.97 Å². The fourth-order valence-corrected chi connectivity index (χ4v) is 0.731. The summed E-state index contributed by atoms with van der Waals surface area (Å²) in [6.07, 6.45) is 1.36. The lowest BCUT2D eigenvalue weighted by Gasteiger charge is -1.92. The van der Waals surface area contributed by atoms with Crippen molar-refractivity contribution in [1.29, 1.82) is 0 Å². The molecule has 0 heterocycles. The molecule has 0 atom stereocenters. The van der Waals surface area contributed by atoms with Crippen molar-refractivity contribution in [2.45, 2.75) is 13.8 Å². The van der Waals surface area contributed by atoms with Gasteiger partial charge in [0, 0.05) is 0 Å². The lowest BCUT2D eigenvalue weighted by atomic mass is 10.2. The Morgan fingerprint density at radius 3 is 2.14 bits per heavy atom. The molecule has 0 aliphatic heterocycles. The Hall–Kier alpha value is -1.93. The van der Waals surface area contributed by atoms with Gasteiger partial charge in [0.15, 0.2) is 0 Å². The summed E-state index contributed by atoms with van der Waals surface area (Å²) in [5, 5.41) is 8.50. The van der Waals surface area contributed by atoms with Gasteiger partial charge >= 0.3 is 5.97 Å². The lowest BCUT2D eigenvalue weighted by molar-refractivity contribution is 0.0697. The topological polar surface area (TPSA) is 66.7 Å². The maximum atomic E-state index is 10.4. The van der Waals surface area contributed by atoms with Crippen molar-refractivity contribution in [3.8, 4) is 0 Å². The number of hydrogen-bond acceptors (Lipinski definition) is 3. The molecule has 1 aromatic rings. The van der Waals surface area contributed by atoms with E-state index in [4.69, 9.17) is 5.11 Å². The summed E-state index contributed by atoms with van der Waals surface area (Å²) in [5.41, 5.74) is 0.565. The van der Waals surface area contributed by atoms with Gasteiger partial charge in [-0.2, -0.15) is 4.99 Å². The predicted molar refractivity (Wildman–Crippen MR) is 52.5 cm³/mol. The normalized spacial score (nSPS) is 7.86. The molecule has 0 bridgehead atoms.